The number of rotatable bonds is 5. The first kappa shape index (κ1) is 13.1. The molecule has 0 bridgehead atoms. The fourth-order valence-corrected chi connectivity index (χ4v) is 2.90. The van der Waals surface area contributed by atoms with Crippen LogP contribution in [0.4, 0.5) is 0 Å². The summed E-state index contributed by atoms with van der Waals surface area (Å²) in [6.45, 7) is 2.00. The van der Waals surface area contributed by atoms with Crippen molar-refractivity contribution in [2.45, 2.75) is 17.9 Å². The Morgan fingerprint density at radius 3 is 2.89 bits per heavy atom. The third-order valence-corrected chi connectivity index (χ3v) is 4.43. The summed E-state index contributed by atoms with van der Waals surface area (Å²) in [5.74, 6) is 0.484. The molecule has 18 heavy (non-hydrogen) atoms. The lowest BCUT2D eigenvalue weighted by Crippen LogP contribution is -2.27. The first-order valence-corrected chi connectivity index (χ1v) is 7.48. The van der Waals surface area contributed by atoms with Crippen LogP contribution in [-0.2, 0) is 4.79 Å². The highest BCUT2D eigenvalue weighted by molar-refractivity contribution is 8.00. The molecule has 1 N–H and O–H groups in total. The molecule has 0 fully saturated rings. The molecule has 2 aromatic heterocycles. The third-order valence-electron chi connectivity index (χ3n) is 2.37. The van der Waals surface area contributed by atoms with E-state index in [9.17, 15) is 4.79 Å². The van der Waals surface area contributed by atoms with E-state index in [0.29, 0.717) is 5.75 Å². The Hall–Kier alpha value is -1.33. The van der Waals surface area contributed by atoms with Crippen LogP contribution in [0, 0.1) is 0 Å². The molecule has 0 saturated heterocycles. The summed E-state index contributed by atoms with van der Waals surface area (Å²) in [7, 11) is 0. The zero-order valence-electron chi connectivity index (χ0n) is 10.00. The van der Waals surface area contributed by atoms with Crippen LogP contribution in [0.1, 0.15) is 17.8 Å². The Morgan fingerprint density at radius 2 is 2.22 bits per heavy atom. The Bertz CT molecular complexity index is 485. The molecule has 0 aromatic carbocycles. The summed E-state index contributed by atoms with van der Waals surface area (Å²) in [6.07, 6.45) is 3.46. The Morgan fingerprint density at radius 1 is 1.44 bits per heavy atom. The fourth-order valence-electron chi connectivity index (χ4n) is 1.48. The minimum atomic E-state index is 0.0534. The van der Waals surface area contributed by atoms with Crippen LogP contribution >= 0.6 is 23.1 Å². The van der Waals surface area contributed by atoms with Crippen LogP contribution in [0.3, 0.4) is 0 Å². The predicted molar refractivity (Wildman–Crippen MR) is 75.8 cm³/mol. The van der Waals surface area contributed by atoms with Crippen LogP contribution < -0.4 is 5.32 Å². The number of thiophene rings is 1. The maximum atomic E-state index is 11.8. The molecular formula is C13H14N2OS2. The first-order valence-electron chi connectivity index (χ1n) is 5.61. The number of hydrogen-bond donors (Lipinski definition) is 1. The number of thioether (sulfide) groups is 1. The van der Waals surface area contributed by atoms with Crippen molar-refractivity contribution in [2.75, 3.05) is 5.75 Å². The number of nitrogens with zero attached hydrogens (tertiary/aromatic N) is 1. The summed E-state index contributed by atoms with van der Waals surface area (Å²) in [4.78, 5) is 18.0. The van der Waals surface area contributed by atoms with E-state index in [1.165, 1.54) is 16.6 Å². The number of pyridine rings is 1. The quantitative estimate of drug-likeness (QED) is 0.854. The molecule has 5 heteroatoms. The van der Waals surface area contributed by atoms with E-state index >= 15 is 0 Å². The second kappa shape index (κ2) is 6.56. The summed E-state index contributed by atoms with van der Waals surface area (Å²) in [5.41, 5.74) is 0. The molecule has 3 nitrogen and oxygen atoms in total. The van der Waals surface area contributed by atoms with Crippen molar-refractivity contribution in [1.82, 2.24) is 10.3 Å². The van der Waals surface area contributed by atoms with Gasteiger partial charge in [-0.2, -0.15) is 0 Å². The number of hydrogen-bond acceptors (Lipinski definition) is 4. The summed E-state index contributed by atoms with van der Waals surface area (Å²) < 4.78 is 0. The van der Waals surface area contributed by atoms with E-state index in [-0.39, 0.29) is 11.9 Å². The van der Waals surface area contributed by atoms with Gasteiger partial charge < -0.3 is 5.32 Å². The minimum absolute atomic E-state index is 0.0534. The van der Waals surface area contributed by atoms with Crippen LogP contribution in [-0.4, -0.2) is 16.6 Å². The molecule has 0 saturated carbocycles. The van der Waals surface area contributed by atoms with E-state index in [0.717, 1.165) is 4.90 Å². The molecule has 0 aliphatic heterocycles. The van der Waals surface area contributed by atoms with Crippen molar-refractivity contribution in [1.29, 1.82) is 0 Å². The summed E-state index contributed by atoms with van der Waals surface area (Å²) >= 11 is 3.18. The van der Waals surface area contributed by atoms with Gasteiger partial charge in [-0.3, -0.25) is 9.78 Å². The molecule has 0 spiro atoms. The molecule has 94 valence electrons. The van der Waals surface area contributed by atoms with E-state index in [1.54, 1.807) is 23.7 Å². The lowest BCUT2D eigenvalue weighted by Gasteiger charge is -2.11. The second-order valence-corrected chi connectivity index (χ2v) is 5.80. The van der Waals surface area contributed by atoms with Gasteiger partial charge in [0.2, 0.25) is 5.91 Å². The number of amides is 1. The van der Waals surface area contributed by atoms with Gasteiger partial charge in [0.15, 0.2) is 0 Å². The third kappa shape index (κ3) is 3.85. The van der Waals surface area contributed by atoms with Gasteiger partial charge in [0.25, 0.3) is 0 Å². The second-order valence-electron chi connectivity index (χ2n) is 3.78. The zero-order chi connectivity index (χ0) is 12.8. The highest BCUT2D eigenvalue weighted by atomic mass is 32.2. The summed E-state index contributed by atoms with van der Waals surface area (Å²) in [6, 6.07) is 7.91. The van der Waals surface area contributed by atoms with Crippen LogP contribution in [0.25, 0.3) is 0 Å². The zero-order valence-corrected chi connectivity index (χ0v) is 11.6. The minimum Gasteiger partial charge on any atom is -0.348 e. The first-order chi connectivity index (χ1) is 8.75. The smallest absolute Gasteiger partial charge is 0.230 e. The van der Waals surface area contributed by atoms with Gasteiger partial charge in [-0.05, 0) is 30.5 Å². The molecule has 0 aliphatic carbocycles. The van der Waals surface area contributed by atoms with Crippen molar-refractivity contribution in [3.63, 3.8) is 0 Å². The standard InChI is InChI=1S/C13H14N2OS2/c1-10(12-3-2-8-17-12)15-13(16)9-18-11-4-6-14-7-5-11/h2-8,10H,9H2,1H3,(H,15,16). The van der Waals surface area contributed by atoms with Crippen molar-refractivity contribution in [3.05, 3.63) is 46.9 Å². The Labute approximate surface area is 115 Å². The van der Waals surface area contributed by atoms with Crippen molar-refractivity contribution < 1.29 is 4.79 Å². The Kier molecular flexibility index (Phi) is 4.78. The topological polar surface area (TPSA) is 42.0 Å². The lowest BCUT2D eigenvalue weighted by atomic mass is 10.3. The van der Waals surface area contributed by atoms with Gasteiger partial charge in [0.1, 0.15) is 0 Å². The number of carbonyl (C=O) groups is 1. The molecule has 1 amide bonds. The molecule has 2 aromatic rings. The van der Waals surface area contributed by atoms with Gasteiger partial charge in [0.05, 0.1) is 11.8 Å². The van der Waals surface area contributed by atoms with E-state index in [4.69, 9.17) is 0 Å². The van der Waals surface area contributed by atoms with Crippen LogP contribution in [0.15, 0.2) is 46.9 Å². The molecule has 2 heterocycles. The highest BCUT2D eigenvalue weighted by Crippen LogP contribution is 2.19. The summed E-state index contributed by atoms with van der Waals surface area (Å²) in [5, 5.41) is 5.01. The van der Waals surface area contributed by atoms with Gasteiger partial charge in [-0.15, -0.1) is 23.1 Å². The van der Waals surface area contributed by atoms with E-state index in [1.807, 2.05) is 36.6 Å². The maximum Gasteiger partial charge on any atom is 0.230 e. The highest BCUT2D eigenvalue weighted by Gasteiger charge is 2.10. The van der Waals surface area contributed by atoms with Gasteiger partial charge >= 0.3 is 0 Å². The van der Waals surface area contributed by atoms with Crippen molar-refractivity contribution in [2.24, 2.45) is 0 Å². The van der Waals surface area contributed by atoms with E-state index in [2.05, 4.69) is 10.3 Å². The molecule has 1 unspecified atom stereocenters. The monoisotopic (exact) mass is 278 g/mol. The lowest BCUT2D eigenvalue weighted by molar-refractivity contribution is -0.119. The molecule has 1 atom stereocenters. The average Bonchev–Trinajstić information content (AvgIpc) is 2.91. The Balaban J connectivity index is 1.79. The normalized spacial score (nSPS) is 12.1. The van der Waals surface area contributed by atoms with Gasteiger partial charge in [0, 0.05) is 22.2 Å². The fraction of sp³-hybridized carbons (Fsp3) is 0.231. The van der Waals surface area contributed by atoms with Crippen LogP contribution in [0.2, 0.25) is 0 Å². The molecule has 0 aliphatic rings. The molecule has 2 rings (SSSR count). The molecule has 0 radical (unpaired) electrons. The number of nitrogens with one attached hydrogen (secondary N) is 1. The number of aromatic nitrogens is 1. The maximum absolute atomic E-state index is 11.8. The van der Waals surface area contributed by atoms with Crippen molar-refractivity contribution >= 4 is 29.0 Å². The van der Waals surface area contributed by atoms with Gasteiger partial charge in [-0.25, -0.2) is 0 Å². The molecular weight excluding hydrogens is 264 g/mol. The van der Waals surface area contributed by atoms with E-state index < -0.39 is 0 Å². The van der Waals surface area contributed by atoms with Crippen molar-refractivity contribution in [3.8, 4) is 0 Å². The largest absolute Gasteiger partial charge is 0.348 e. The van der Waals surface area contributed by atoms with Gasteiger partial charge in [-0.1, -0.05) is 6.07 Å². The predicted octanol–water partition coefficient (Wildman–Crippen LogP) is 3.11. The average molecular weight is 278 g/mol. The van der Waals surface area contributed by atoms with Crippen LogP contribution in [0.5, 0.6) is 0 Å². The number of carbonyl (C=O) groups excluding carboxylic acids is 1. The SMILES string of the molecule is CC(NC(=O)CSc1ccncc1)c1cccs1.